The lowest BCUT2D eigenvalue weighted by Gasteiger charge is -2.02. The molecule has 94 valence electrons. The van der Waals surface area contributed by atoms with E-state index in [-0.39, 0.29) is 17.7 Å². The van der Waals surface area contributed by atoms with Crippen LogP contribution in [0, 0.1) is 5.41 Å². The second kappa shape index (κ2) is 6.45. The lowest BCUT2D eigenvalue weighted by atomic mass is 10.1. The van der Waals surface area contributed by atoms with E-state index in [9.17, 15) is 0 Å². The Hall–Kier alpha value is -2.28. The Balaban J connectivity index is 0.000000492. The summed E-state index contributed by atoms with van der Waals surface area (Å²) in [6.07, 6.45) is 0. The first kappa shape index (κ1) is 13.8. The monoisotopic (exact) mass is 265 g/mol. The third-order valence-corrected chi connectivity index (χ3v) is 2.28. The summed E-state index contributed by atoms with van der Waals surface area (Å²) in [7, 11) is 0. The first-order valence-electron chi connectivity index (χ1n) is 4.80. The van der Waals surface area contributed by atoms with Gasteiger partial charge in [0, 0.05) is 5.56 Å². The molecule has 0 saturated carbocycles. The van der Waals surface area contributed by atoms with E-state index in [0.717, 1.165) is 5.56 Å². The Kier molecular flexibility index (Phi) is 4.94. The molecule has 1 aromatic carbocycles. The minimum Gasteiger partial charge on any atom is -0.508 e. The smallest absolute Gasteiger partial charge is 0.290 e. The van der Waals surface area contributed by atoms with Gasteiger partial charge in [-0.1, -0.05) is 0 Å². The summed E-state index contributed by atoms with van der Waals surface area (Å²) < 4.78 is 1.20. The fourth-order valence-corrected chi connectivity index (χ4v) is 1.36. The van der Waals surface area contributed by atoms with E-state index >= 15 is 0 Å². The quantitative estimate of drug-likeness (QED) is 0.459. The van der Waals surface area contributed by atoms with Crippen LogP contribution in [0.25, 0.3) is 11.3 Å². The number of thiol groups is 1. The van der Waals surface area contributed by atoms with Crippen molar-refractivity contribution in [1.29, 1.82) is 5.41 Å². The van der Waals surface area contributed by atoms with Crippen LogP contribution in [0.1, 0.15) is 0 Å². The van der Waals surface area contributed by atoms with Gasteiger partial charge < -0.3 is 10.2 Å². The van der Waals surface area contributed by atoms with Crippen LogP contribution < -0.4 is 5.49 Å². The van der Waals surface area contributed by atoms with Crippen molar-refractivity contribution < 1.29 is 15.0 Å². The third kappa shape index (κ3) is 3.63. The van der Waals surface area contributed by atoms with Gasteiger partial charge in [0.25, 0.3) is 6.47 Å². The summed E-state index contributed by atoms with van der Waals surface area (Å²) in [5.74, 6) is 0.217. The van der Waals surface area contributed by atoms with Crippen molar-refractivity contribution in [3.63, 3.8) is 0 Å². The number of aromatic hydroxyl groups is 1. The van der Waals surface area contributed by atoms with Gasteiger partial charge in [0.15, 0.2) is 5.49 Å². The zero-order valence-electron chi connectivity index (χ0n) is 9.19. The molecule has 7 heteroatoms. The Morgan fingerprint density at radius 3 is 2.28 bits per heavy atom. The van der Waals surface area contributed by atoms with Crippen LogP contribution in [0.15, 0.2) is 36.4 Å². The van der Waals surface area contributed by atoms with Crippen molar-refractivity contribution in [1.82, 2.24) is 9.19 Å². The highest BCUT2D eigenvalue weighted by atomic mass is 32.1. The molecular formula is C11H11N3O3S. The average Bonchev–Trinajstić information content (AvgIpc) is 2.35. The molecule has 0 aliphatic heterocycles. The molecule has 1 heterocycles. The summed E-state index contributed by atoms with van der Waals surface area (Å²) in [6.45, 7) is -0.250. The Morgan fingerprint density at radius 2 is 1.78 bits per heavy atom. The number of hydrogen-bond donors (Lipinski definition) is 4. The zero-order chi connectivity index (χ0) is 13.5. The van der Waals surface area contributed by atoms with Crippen molar-refractivity contribution in [3.8, 4) is 17.0 Å². The summed E-state index contributed by atoms with van der Waals surface area (Å²) in [6, 6.07) is 10.1. The highest BCUT2D eigenvalue weighted by Gasteiger charge is 2.00. The molecule has 0 saturated heterocycles. The maximum Gasteiger partial charge on any atom is 0.290 e. The van der Waals surface area contributed by atoms with Crippen LogP contribution in [-0.4, -0.2) is 25.9 Å². The third-order valence-electron chi connectivity index (χ3n) is 1.98. The van der Waals surface area contributed by atoms with E-state index in [1.54, 1.807) is 36.4 Å². The molecule has 0 amide bonds. The molecule has 3 N–H and O–H groups in total. The van der Waals surface area contributed by atoms with E-state index in [1.807, 2.05) is 0 Å². The number of aromatic nitrogens is 2. The average molecular weight is 265 g/mol. The van der Waals surface area contributed by atoms with Crippen LogP contribution in [0.2, 0.25) is 0 Å². The molecule has 0 atom stereocenters. The van der Waals surface area contributed by atoms with Crippen LogP contribution in [0.5, 0.6) is 5.75 Å². The first-order valence-corrected chi connectivity index (χ1v) is 5.20. The van der Waals surface area contributed by atoms with E-state index in [0.29, 0.717) is 5.69 Å². The standard InChI is InChI=1S/C10H9N3OS.CH2O2/c11-10-6-5-9(12-13(10)15)7-1-3-8(14)4-2-7;2-1-3/h1-6,11,14-15H;1H,(H,2,3). The van der Waals surface area contributed by atoms with Crippen LogP contribution in [0.4, 0.5) is 0 Å². The molecule has 2 rings (SSSR count). The number of carbonyl (C=O) groups is 1. The summed E-state index contributed by atoms with van der Waals surface area (Å²) in [4.78, 5) is 8.36. The fraction of sp³-hybridized carbons (Fsp3) is 0. The first-order chi connectivity index (χ1) is 8.58. The van der Waals surface area contributed by atoms with Crippen molar-refractivity contribution in [3.05, 3.63) is 41.9 Å². The van der Waals surface area contributed by atoms with Crippen LogP contribution >= 0.6 is 12.8 Å². The number of phenols is 1. The number of nitrogens with zero attached hydrogens (tertiary/aromatic N) is 2. The lowest BCUT2D eigenvalue weighted by molar-refractivity contribution is -0.122. The van der Waals surface area contributed by atoms with Gasteiger partial charge in [-0.15, -0.1) is 0 Å². The van der Waals surface area contributed by atoms with Crippen LogP contribution in [0.3, 0.4) is 0 Å². The molecule has 0 aliphatic carbocycles. The lowest BCUT2D eigenvalue weighted by Crippen LogP contribution is -2.14. The normalized spacial score (nSPS) is 9.17. The second-order valence-electron chi connectivity index (χ2n) is 3.15. The van der Waals surface area contributed by atoms with Crippen molar-refractivity contribution in [2.45, 2.75) is 0 Å². The number of carboxylic acid groups (broad SMARTS) is 1. The maximum atomic E-state index is 9.13. The molecule has 0 bridgehead atoms. The maximum absolute atomic E-state index is 9.13. The van der Waals surface area contributed by atoms with Crippen LogP contribution in [-0.2, 0) is 4.79 Å². The highest BCUT2D eigenvalue weighted by Crippen LogP contribution is 2.18. The summed E-state index contributed by atoms with van der Waals surface area (Å²) in [5.41, 5.74) is 1.80. The molecule has 0 aliphatic rings. The predicted molar refractivity (Wildman–Crippen MR) is 68.3 cm³/mol. The molecule has 1 aromatic heterocycles. The number of benzene rings is 1. The largest absolute Gasteiger partial charge is 0.508 e. The van der Waals surface area contributed by atoms with Crippen molar-refractivity contribution >= 4 is 19.3 Å². The SMILES string of the molecule is N=c1ccc(-c2ccc(O)cc2)nn1S.O=CO. The topological polar surface area (TPSA) is 99.2 Å². The molecule has 2 aromatic rings. The van der Waals surface area contributed by atoms with E-state index < -0.39 is 0 Å². The molecule has 0 spiro atoms. The Morgan fingerprint density at radius 1 is 1.22 bits per heavy atom. The minimum atomic E-state index is -0.250. The molecule has 0 unspecified atom stereocenters. The van der Waals surface area contributed by atoms with Crippen molar-refractivity contribution in [2.24, 2.45) is 0 Å². The molecule has 0 radical (unpaired) electrons. The van der Waals surface area contributed by atoms with Gasteiger partial charge in [-0.3, -0.25) is 10.2 Å². The van der Waals surface area contributed by atoms with Gasteiger partial charge in [0.2, 0.25) is 0 Å². The van der Waals surface area contributed by atoms with Gasteiger partial charge in [-0.25, -0.2) is 0 Å². The fourth-order valence-electron chi connectivity index (χ4n) is 1.20. The molecule has 0 fully saturated rings. The van der Waals surface area contributed by atoms with E-state index in [1.165, 1.54) is 4.09 Å². The second-order valence-corrected chi connectivity index (χ2v) is 3.52. The van der Waals surface area contributed by atoms with Gasteiger partial charge in [-0.2, -0.15) is 9.19 Å². The molecule has 18 heavy (non-hydrogen) atoms. The number of hydrogen-bond acceptors (Lipinski definition) is 5. The van der Waals surface area contributed by atoms with Gasteiger partial charge in [0.1, 0.15) is 5.75 Å². The van der Waals surface area contributed by atoms with E-state index in [4.69, 9.17) is 20.4 Å². The Labute approximate surface area is 108 Å². The zero-order valence-corrected chi connectivity index (χ0v) is 10.1. The van der Waals surface area contributed by atoms with E-state index in [2.05, 4.69) is 17.9 Å². The molecular weight excluding hydrogens is 254 g/mol. The highest BCUT2D eigenvalue weighted by molar-refractivity contribution is 7.78. The van der Waals surface area contributed by atoms with Gasteiger partial charge in [-0.05, 0) is 49.2 Å². The number of nitrogens with one attached hydrogen (secondary N) is 1. The number of phenolic OH excluding ortho intramolecular Hbond substituents is 1. The Bertz CT molecular complexity index is 581. The molecule has 6 nitrogen and oxygen atoms in total. The van der Waals surface area contributed by atoms with Crippen molar-refractivity contribution in [2.75, 3.05) is 0 Å². The van der Waals surface area contributed by atoms with Gasteiger partial charge in [0.05, 0.1) is 5.69 Å². The summed E-state index contributed by atoms with van der Waals surface area (Å²) >= 11 is 4.01. The predicted octanol–water partition coefficient (Wildman–Crippen LogP) is 1.13. The minimum absolute atomic E-state index is 0.217. The number of rotatable bonds is 1. The van der Waals surface area contributed by atoms with Gasteiger partial charge >= 0.3 is 0 Å². The summed E-state index contributed by atoms with van der Waals surface area (Å²) in [5, 5.41) is 27.5.